The molecule has 0 saturated heterocycles. The van der Waals surface area contributed by atoms with E-state index in [4.69, 9.17) is 11.6 Å². The minimum Gasteiger partial charge on any atom is -0.349 e. The maximum atomic E-state index is 12.7. The lowest BCUT2D eigenvalue weighted by molar-refractivity contribution is -0.116. The van der Waals surface area contributed by atoms with Crippen LogP contribution in [0.1, 0.15) is 27.2 Å². The number of H-pyrrole nitrogens is 1. The molecule has 6 heteroatoms. The van der Waals surface area contributed by atoms with Crippen LogP contribution in [0.3, 0.4) is 0 Å². The fourth-order valence-corrected chi connectivity index (χ4v) is 3.58. The molecule has 1 heterocycles. The zero-order valence-corrected chi connectivity index (χ0v) is 16.6. The monoisotopic (exact) mass is 383 g/mol. The molecule has 0 aliphatic rings. The summed E-state index contributed by atoms with van der Waals surface area (Å²) < 4.78 is 0. The largest absolute Gasteiger partial charge is 0.349 e. The summed E-state index contributed by atoms with van der Waals surface area (Å²) in [5.74, 6) is -0.586. The first-order valence-corrected chi connectivity index (χ1v) is 9.05. The number of benzene rings is 2. The molecular weight excluding hydrogens is 362 g/mol. The molecule has 2 amide bonds. The maximum absolute atomic E-state index is 12.7. The Bertz CT molecular complexity index is 1020. The number of anilines is 1. The average molecular weight is 384 g/mol. The van der Waals surface area contributed by atoms with Crippen molar-refractivity contribution in [1.82, 2.24) is 9.88 Å². The van der Waals surface area contributed by atoms with Gasteiger partial charge in [0.2, 0.25) is 5.91 Å². The van der Waals surface area contributed by atoms with Crippen molar-refractivity contribution < 1.29 is 9.59 Å². The summed E-state index contributed by atoms with van der Waals surface area (Å²) in [5, 5.41) is 4.06. The van der Waals surface area contributed by atoms with Gasteiger partial charge in [0.15, 0.2) is 0 Å². The van der Waals surface area contributed by atoms with Gasteiger partial charge in [-0.1, -0.05) is 47.5 Å². The zero-order chi connectivity index (χ0) is 19.7. The predicted octanol–water partition coefficient (Wildman–Crippen LogP) is 4.46. The Labute approximate surface area is 163 Å². The first-order valence-electron chi connectivity index (χ1n) is 8.67. The number of nitrogens with zero attached hydrogens (tertiary/aromatic N) is 1. The molecule has 0 radical (unpaired) electrons. The highest BCUT2D eigenvalue weighted by molar-refractivity contribution is 6.38. The molecule has 0 unspecified atom stereocenters. The Kier molecular flexibility index (Phi) is 5.24. The number of rotatable bonds is 4. The molecule has 3 rings (SSSR count). The van der Waals surface area contributed by atoms with Gasteiger partial charge in [-0.15, -0.1) is 0 Å². The number of para-hydroxylation sites is 1. The fourth-order valence-electron chi connectivity index (χ4n) is 3.29. The second-order valence-electron chi connectivity index (χ2n) is 6.84. The third-order valence-corrected chi connectivity index (χ3v) is 4.92. The molecule has 0 saturated carbocycles. The summed E-state index contributed by atoms with van der Waals surface area (Å²) in [5.41, 5.74) is 4.99. The van der Waals surface area contributed by atoms with Crippen molar-refractivity contribution in [1.29, 1.82) is 0 Å². The van der Waals surface area contributed by atoms with Gasteiger partial charge in [0.25, 0.3) is 5.91 Å². The summed E-state index contributed by atoms with van der Waals surface area (Å²) in [6, 6.07) is 11.5. The first-order chi connectivity index (χ1) is 12.8. The summed E-state index contributed by atoms with van der Waals surface area (Å²) in [6.07, 6.45) is 0. The van der Waals surface area contributed by atoms with Crippen LogP contribution in [-0.4, -0.2) is 35.3 Å². The fraction of sp³-hybridized carbons (Fsp3) is 0.238. The van der Waals surface area contributed by atoms with Gasteiger partial charge in [0.05, 0.1) is 11.6 Å². The molecule has 2 aromatic carbocycles. The third kappa shape index (κ3) is 3.83. The molecule has 140 valence electrons. The predicted molar refractivity (Wildman–Crippen MR) is 110 cm³/mol. The smallest absolute Gasteiger partial charge is 0.272 e. The molecular formula is C21H22ClN3O2. The van der Waals surface area contributed by atoms with Crippen LogP contribution >= 0.6 is 11.6 Å². The van der Waals surface area contributed by atoms with Crippen molar-refractivity contribution in [2.45, 2.75) is 20.8 Å². The van der Waals surface area contributed by atoms with E-state index in [0.717, 1.165) is 33.3 Å². The Hall–Kier alpha value is -2.79. The van der Waals surface area contributed by atoms with Crippen molar-refractivity contribution in [3.05, 3.63) is 63.8 Å². The minimum absolute atomic E-state index is 0.0721. The number of fused-ring (bicyclic) bond motifs is 1. The Balaban J connectivity index is 1.74. The van der Waals surface area contributed by atoms with Gasteiger partial charge in [-0.2, -0.15) is 0 Å². The van der Waals surface area contributed by atoms with Crippen molar-refractivity contribution >= 4 is 40.0 Å². The van der Waals surface area contributed by atoms with E-state index in [1.54, 1.807) is 7.05 Å². The van der Waals surface area contributed by atoms with Crippen LogP contribution in [0.5, 0.6) is 0 Å². The van der Waals surface area contributed by atoms with E-state index in [1.165, 1.54) is 4.90 Å². The van der Waals surface area contributed by atoms with E-state index in [1.807, 2.05) is 57.2 Å². The van der Waals surface area contributed by atoms with Crippen LogP contribution in [0, 0.1) is 20.8 Å². The number of hydrogen-bond donors (Lipinski definition) is 2. The van der Waals surface area contributed by atoms with Crippen LogP contribution in [0.4, 0.5) is 5.69 Å². The van der Waals surface area contributed by atoms with Gasteiger partial charge in [-0.05, 0) is 38.0 Å². The van der Waals surface area contributed by atoms with Gasteiger partial charge < -0.3 is 15.2 Å². The molecule has 0 atom stereocenters. The van der Waals surface area contributed by atoms with Gasteiger partial charge in [0.1, 0.15) is 5.69 Å². The molecule has 5 nitrogen and oxygen atoms in total. The van der Waals surface area contributed by atoms with E-state index in [0.29, 0.717) is 5.02 Å². The van der Waals surface area contributed by atoms with Gasteiger partial charge in [0, 0.05) is 23.6 Å². The minimum atomic E-state index is -0.330. The number of aromatic amines is 1. The van der Waals surface area contributed by atoms with Gasteiger partial charge in [-0.25, -0.2) is 0 Å². The number of aryl methyl sites for hydroxylation is 3. The highest BCUT2D eigenvalue weighted by Crippen LogP contribution is 2.28. The second-order valence-corrected chi connectivity index (χ2v) is 7.22. The number of amides is 2. The lowest BCUT2D eigenvalue weighted by Crippen LogP contribution is -2.35. The SMILES string of the molecule is Cc1cc(C)c(NC(=O)CN(C)C(=O)c2[nH]c3ccccc3c2Cl)c(C)c1. The summed E-state index contributed by atoms with van der Waals surface area (Å²) in [7, 11) is 1.58. The van der Waals surface area contributed by atoms with Crippen LogP contribution in [0.15, 0.2) is 36.4 Å². The molecule has 27 heavy (non-hydrogen) atoms. The molecule has 0 aliphatic heterocycles. The number of nitrogens with one attached hydrogen (secondary N) is 2. The third-order valence-electron chi connectivity index (χ3n) is 4.53. The Morgan fingerprint density at radius 3 is 2.37 bits per heavy atom. The number of carbonyl (C=O) groups excluding carboxylic acids is 2. The lowest BCUT2D eigenvalue weighted by atomic mass is 10.1. The van der Waals surface area contributed by atoms with E-state index < -0.39 is 0 Å². The number of halogens is 1. The van der Waals surface area contributed by atoms with Crippen molar-refractivity contribution in [3.8, 4) is 0 Å². The number of likely N-dealkylation sites (N-methyl/N-ethyl adjacent to an activating group) is 1. The van der Waals surface area contributed by atoms with Crippen LogP contribution in [0.2, 0.25) is 5.02 Å². The number of hydrogen-bond acceptors (Lipinski definition) is 2. The standard InChI is InChI=1S/C21H22ClN3O2/c1-12-9-13(2)19(14(3)10-12)24-17(26)11-25(4)21(27)20-18(22)15-7-5-6-8-16(15)23-20/h5-10,23H,11H2,1-4H3,(H,24,26). The molecule has 0 fully saturated rings. The van der Waals surface area contributed by atoms with Crippen LogP contribution in [-0.2, 0) is 4.79 Å². The number of aromatic nitrogens is 1. The van der Waals surface area contributed by atoms with Crippen molar-refractivity contribution in [3.63, 3.8) is 0 Å². The molecule has 0 bridgehead atoms. The van der Waals surface area contributed by atoms with E-state index in [2.05, 4.69) is 10.3 Å². The number of carbonyl (C=O) groups is 2. The Morgan fingerprint density at radius 1 is 1.11 bits per heavy atom. The first kappa shape index (κ1) is 19.0. The highest BCUT2D eigenvalue weighted by atomic mass is 35.5. The molecule has 0 aliphatic carbocycles. The van der Waals surface area contributed by atoms with Crippen LogP contribution < -0.4 is 5.32 Å². The highest BCUT2D eigenvalue weighted by Gasteiger charge is 2.21. The lowest BCUT2D eigenvalue weighted by Gasteiger charge is -2.18. The molecule has 0 spiro atoms. The van der Waals surface area contributed by atoms with E-state index >= 15 is 0 Å². The maximum Gasteiger partial charge on any atom is 0.272 e. The topological polar surface area (TPSA) is 65.2 Å². The second kappa shape index (κ2) is 7.45. The molecule has 1 aromatic heterocycles. The summed E-state index contributed by atoms with van der Waals surface area (Å²) in [4.78, 5) is 29.6. The zero-order valence-electron chi connectivity index (χ0n) is 15.8. The summed E-state index contributed by atoms with van der Waals surface area (Å²) in [6.45, 7) is 5.85. The Morgan fingerprint density at radius 2 is 1.74 bits per heavy atom. The quantitative estimate of drug-likeness (QED) is 0.698. The van der Waals surface area contributed by atoms with E-state index in [-0.39, 0.29) is 24.1 Å². The normalized spacial score (nSPS) is 10.9. The van der Waals surface area contributed by atoms with Crippen molar-refractivity contribution in [2.75, 3.05) is 18.9 Å². The van der Waals surface area contributed by atoms with Crippen molar-refractivity contribution in [2.24, 2.45) is 0 Å². The van der Waals surface area contributed by atoms with E-state index in [9.17, 15) is 9.59 Å². The van der Waals surface area contributed by atoms with Gasteiger partial charge in [-0.3, -0.25) is 9.59 Å². The molecule has 3 aromatic rings. The average Bonchev–Trinajstić information content (AvgIpc) is 2.94. The van der Waals surface area contributed by atoms with Gasteiger partial charge >= 0.3 is 0 Å². The molecule has 2 N–H and O–H groups in total. The van der Waals surface area contributed by atoms with Crippen LogP contribution in [0.25, 0.3) is 10.9 Å². The summed E-state index contributed by atoms with van der Waals surface area (Å²) >= 11 is 6.34.